The second-order valence-electron chi connectivity index (χ2n) is 2.83. The summed E-state index contributed by atoms with van der Waals surface area (Å²) < 4.78 is 0. The Balaban J connectivity index is 2.10. The summed E-state index contributed by atoms with van der Waals surface area (Å²) in [6.45, 7) is 0.780. The van der Waals surface area contributed by atoms with Gasteiger partial charge < -0.3 is 5.73 Å². The van der Waals surface area contributed by atoms with E-state index in [1.165, 1.54) is 6.20 Å². The summed E-state index contributed by atoms with van der Waals surface area (Å²) in [7, 11) is 0. The molecule has 0 aliphatic rings. The van der Waals surface area contributed by atoms with Gasteiger partial charge in [-0.1, -0.05) is 6.42 Å². The third-order valence-electron chi connectivity index (χ3n) is 1.70. The van der Waals surface area contributed by atoms with Crippen LogP contribution in [0.2, 0.25) is 0 Å². The standard InChI is InChI=1S/C8H13N5/c9-5-3-1-2-4-6-13-11-7-8(10)12-13/h7H,1-4,6H2,(H2,10,12). The van der Waals surface area contributed by atoms with Crippen LogP contribution in [0.15, 0.2) is 6.20 Å². The van der Waals surface area contributed by atoms with E-state index in [1.54, 1.807) is 4.80 Å². The normalized spacial score (nSPS) is 9.77. The summed E-state index contributed by atoms with van der Waals surface area (Å²) in [5.74, 6) is 0.456. The van der Waals surface area contributed by atoms with Crippen molar-refractivity contribution in [2.45, 2.75) is 32.2 Å². The third-order valence-corrected chi connectivity index (χ3v) is 1.70. The predicted octanol–water partition coefficient (Wildman–Crippen LogP) is 0.944. The zero-order valence-corrected chi connectivity index (χ0v) is 7.48. The van der Waals surface area contributed by atoms with Gasteiger partial charge in [-0.3, -0.25) is 0 Å². The fourth-order valence-corrected chi connectivity index (χ4v) is 1.05. The summed E-state index contributed by atoms with van der Waals surface area (Å²) in [6.07, 6.45) is 5.15. The number of hydrogen-bond acceptors (Lipinski definition) is 4. The molecule has 2 N–H and O–H groups in total. The number of aryl methyl sites for hydroxylation is 1. The molecule has 0 aromatic carbocycles. The Labute approximate surface area is 77.1 Å². The molecule has 1 heterocycles. The second kappa shape index (κ2) is 5.14. The van der Waals surface area contributed by atoms with Gasteiger partial charge in [0, 0.05) is 6.42 Å². The Bertz CT molecular complexity index is 285. The van der Waals surface area contributed by atoms with Crippen LogP contribution >= 0.6 is 0 Å². The molecule has 0 atom stereocenters. The minimum absolute atomic E-state index is 0.456. The molecule has 0 radical (unpaired) electrons. The maximum Gasteiger partial charge on any atom is 0.165 e. The molecule has 5 heteroatoms. The minimum Gasteiger partial charge on any atom is -0.381 e. The van der Waals surface area contributed by atoms with Crippen molar-refractivity contribution < 1.29 is 0 Å². The number of unbranched alkanes of at least 4 members (excludes halogenated alkanes) is 3. The summed E-state index contributed by atoms with van der Waals surface area (Å²) in [5, 5.41) is 16.2. The maximum atomic E-state index is 8.29. The van der Waals surface area contributed by atoms with Gasteiger partial charge in [0.15, 0.2) is 5.82 Å². The van der Waals surface area contributed by atoms with Gasteiger partial charge in [-0.05, 0) is 12.8 Å². The molecule has 1 aromatic heterocycles. The largest absolute Gasteiger partial charge is 0.381 e. The van der Waals surface area contributed by atoms with Gasteiger partial charge in [0.1, 0.15) is 0 Å². The molecular weight excluding hydrogens is 166 g/mol. The van der Waals surface area contributed by atoms with Crippen LogP contribution in [-0.2, 0) is 6.54 Å². The first kappa shape index (κ1) is 9.52. The second-order valence-corrected chi connectivity index (χ2v) is 2.83. The molecule has 0 bridgehead atoms. The van der Waals surface area contributed by atoms with Gasteiger partial charge >= 0.3 is 0 Å². The van der Waals surface area contributed by atoms with Crippen molar-refractivity contribution in [2.75, 3.05) is 5.73 Å². The lowest BCUT2D eigenvalue weighted by molar-refractivity contribution is 0.494. The van der Waals surface area contributed by atoms with Crippen molar-refractivity contribution in [3.63, 3.8) is 0 Å². The number of nitrogens with two attached hydrogens (primary N) is 1. The number of rotatable bonds is 5. The molecule has 0 saturated heterocycles. The van der Waals surface area contributed by atoms with Crippen LogP contribution in [0, 0.1) is 11.3 Å². The number of aromatic nitrogens is 3. The van der Waals surface area contributed by atoms with E-state index < -0.39 is 0 Å². The van der Waals surface area contributed by atoms with E-state index in [0.717, 1.165) is 25.8 Å². The number of anilines is 1. The molecule has 0 spiro atoms. The van der Waals surface area contributed by atoms with E-state index in [1.807, 2.05) is 0 Å². The molecule has 70 valence electrons. The lowest BCUT2D eigenvalue weighted by atomic mass is 10.2. The maximum absolute atomic E-state index is 8.29. The van der Waals surface area contributed by atoms with Gasteiger partial charge in [-0.25, -0.2) is 0 Å². The van der Waals surface area contributed by atoms with Gasteiger partial charge in [-0.15, -0.1) is 5.10 Å². The first-order valence-corrected chi connectivity index (χ1v) is 4.35. The van der Waals surface area contributed by atoms with Crippen LogP contribution in [0.25, 0.3) is 0 Å². The SMILES string of the molecule is N#CCCCCCn1ncc(N)n1. The Kier molecular flexibility index (Phi) is 3.76. The molecule has 0 aliphatic carbocycles. The van der Waals surface area contributed by atoms with Crippen molar-refractivity contribution in [3.8, 4) is 6.07 Å². The lowest BCUT2D eigenvalue weighted by Gasteiger charge is -1.97. The van der Waals surface area contributed by atoms with Crippen molar-refractivity contribution in [2.24, 2.45) is 0 Å². The van der Waals surface area contributed by atoms with Gasteiger partial charge in [0.05, 0.1) is 18.8 Å². The van der Waals surface area contributed by atoms with E-state index in [4.69, 9.17) is 11.0 Å². The lowest BCUT2D eigenvalue weighted by Crippen LogP contribution is -2.02. The van der Waals surface area contributed by atoms with Gasteiger partial charge in [-0.2, -0.15) is 15.2 Å². The molecule has 0 amide bonds. The highest BCUT2D eigenvalue weighted by Crippen LogP contribution is 2.00. The molecule has 13 heavy (non-hydrogen) atoms. The van der Waals surface area contributed by atoms with E-state index >= 15 is 0 Å². The quantitative estimate of drug-likeness (QED) is 0.682. The van der Waals surface area contributed by atoms with Crippen LogP contribution in [0.3, 0.4) is 0 Å². The number of hydrogen-bond donors (Lipinski definition) is 1. The Morgan fingerprint density at radius 2 is 2.31 bits per heavy atom. The fourth-order valence-electron chi connectivity index (χ4n) is 1.05. The molecular formula is C8H13N5. The van der Waals surface area contributed by atoms with E-state index in [-0.39, 0.29) is 0 Å². The fraction of sp³-hybridized carbons (Fsp3) is 0.625. The van der Waals surface area contributed by atoms with Crippen LogP contribution in [-0.4, -0.2) is 15.0 Å². The molecule has 0 aliphatic heterocycles. The third kappa shape index (κ3) is 3.56. The smallest absolute Gasteiger partial charge is 0.165 e. The highest BCUT2D eigenvalue weighted by molar-refractivity contribution is 5.19. The minimum atomic E-state index is 0.456. The van der Waals surface area contributed by atoms with Gasteiger partial charge in [0.2, 0.25) is 0 Å². The zero-order valence-electron chi connectivity index (χ0n) is 7.48. The molecule has 0 unspecified atom stereocenters. The monoisotopic (exact) mass is 179 g/mol. The summed E-state index contributed by atoms with van der Waals surface area (Å²) in [6, 6.07) is 2.11. The number of nitrogen functional groups attached to an aromatic ring is 1. The molecule has 0 fully saturated rings. The van der Waals surface area contributed by atoms with Crippen LogP contribution < -0.4 is 5.73 Å². The predicted molar refractivity (Wildman–Crippen MR) is 48.5 cm³/mol. The highest BCUT2D eigenvalue weighted by Gasteiger charge is 1.95. The number of nitriles is 1. The van der Waals surface area contributed by atoms with Crippen molar-refractivity contribution >= 4 is 5.82 Å². The Morgan fingerprint density at radius 3 is 2.92 bits per heavy atom. The highest BCUT2D eigenvalue weighted by atomic mass is 15.5. The van der Waals surface area contributed by atoms with E-state index in [9.17, 15) is 0 Å². The van der Waals surface area contributed by atoms with Crippen LogP contribution in [0.4, 0.5) is 5.82 Å². The first-order valence-electron chi connectivity index (χ1n) is 4.35. The van der Waals surface area contributed by atoms with Crippen molar-refractivity contribution in [1.29, 1.82) is 5.26 Å². The first-order chi connectivity index (χ1) is 6.33. The molecule has 1 aromatic rings. The Hall–Kier alpha value is -1.57. The summed E-state index contributed by atoms with van der Waals surface area (Å²) >= 11 is 0. The topological polar surface area (TPSA) is 80.5 Å². The molecule has 0 saturated carbocycles. The zero-order chi connectivity index (χ0) is 9.52. The van der Waals surface area contributed by atoms with E-state index in [0.29, 0.717) is 12.2 Å². The van der Waals surface area contributed by atoms with Gasteiger partial charge in [0.25, 0.3) is 0 Å². The van der Waals surface area contributed by atoms with E-state index in [2.05, 4.69) is 16.3 Å². The van der Waals surface area contributed by atoms with Crippen molar-refractivity contribution in [3.05, 3.63) is 6.20 Å². The average molecular weight is 179 g/mol. The average Bonchev–Trinajstić information content (AvgIpc) is 2.51. The molecule has 1 rings (SSSR count). The summed E-state index contributed by atoms with van der Waals surface area (Å²) in [5.41, 5.74) is 5.39. The summed E-state index contributed by atoms with van der Waals surface area (Å²) in [4.78, 5) is 1.59. The van der Waals surface area contributed by atoms with Crippen LogP contribution in [0.1, 0.15) is 25.7 Å². The van der Waals surface area contributed by atoms with Crippen LogP contribution in [0.5, 0.6) is 0 Å². The Morgan fingerprint density at radius 1 is 1.46 bits per heavy atom. The molecule has 5 nitrogen and oxygen atoms in total. The van der Waals surface area contributed by atoms with Crippen molar-refractivity contribution in [1.82, 2.24) is 15.0 Å². The number of nitrogens with zero attached hydrogens (tertiary/aromatic N) is 4.